The van der Waals surface area contributed by atoms with Crippen LogP contribution in [0.1, 0.15) is 12.8 Å². The highest BCUT2D eigenvalue weighted by atomic mass is 32.2. The fourth-order valence-corrected chi connectivity index (χ4v) is 7.88. The molecule has 0 bridgehead atoms. The van der Waals surface area contributed by atoms with Crippen LogP contribution in [0.15, 0.2) is 12.7 Å². The Hall–Kier alpha value is 0.540. The second kappa shape index (κ2) is 48.5. The molecule has 2 heterocycles. The Morgan fingerprint density at radius 2 is 0.820 bits per heavy atom. The van der Waals surface area contributed by atoms with Crippen molar-refractivity contribution in [1.82, 2.24) is 0 Å². The van der Waals surface area contributed by atoms with Gasteiger partial charge in [0.25, 0.3) is 0 Å². The van der Waals surface area contributed by atoms with Gasteiger partial charge in [-0.1, -0.05) is 6.08 Å². The van der Waals surface area contributed by atoms with Gasteiger partial charge in [0, 0.05) is 72.5 Å². The molecular formula is C42H80O15S4. The molecule has 2 rings (SSSR count). The van der Waals surface area contributed by atoms with E-state index in [4.69, 9.17) is 71.1 Å². The highest BCUT2D eigenvalue weighted by Crippen LogP contribution is 2.07. The van der Waals surface area contributed by atoms with Crippen LogP contribution in [0.5, 0.6) is 0 Å². The lowest BCUT2D eigenvalue weighted by Crippen LogP contribution is -2.28. The maximum atomic E-state index is 6.08. The van der Waals surface area contributed by atoms with Gasteiger partial charge in [0.2, 0.25) is 0 Å². The fraction of sp³-hybridized carbons (Fsp3) is 0.952. The Morgan fingerprint density at radius 3 is 1.30 bits per heavy atom. The maximum Gasteiger partial charge on any atom is 0.104 e. The highest BCUT2D eigenvalue weighted by molar-refractivity contribution is 7.99. The second-order valence-corrected chi connectivity index (χ2v) is 18.4. The van der Waals surface area contributed by atoms with Crippen LogP contribution in [0.4, 0.5) is 0 Å². The van der Waals surface area contributed by atoms with Crippen LogP contribution in [-0.4, -0.2) is 243 Å². The molecule has 0 saturated carbocycles. The largest absolute Gasteiger partial charge is 0.379 e. The predicted octanol–water partition coefficient (Wildman–Crippen LogP) is 4.27. The van der Waals surface area contributed by atoms with Gasteiger partial charge in [0.15, 0.2) is 0 Å². The fourth-order valence-electron chi connectivity index (χ4n) is 5.22. The Balaban J connectivity index is 1.49. The first-order valence-electron chi connectivity index (χ1n) is 22.1. The molecule has 61 heavy (non-hydrogen) atoms. The van der Waals surface area contributed by atoms with E-state index in [1.54, 1.807) is 6.08 Å². The monoisotopic (exact) mass is 952 g/mol. The Bertz CT molecular complexity index is 859. The molecule has 15 nitrogen and oxygen atoms in total. The van der Waals surface area contributed by atoms with Gasteiger partial charge in [-0.15, -0.1) is 6.58 Å². The molecular weight excluding hydrogens is 873 g/mol. The third-order valence-corrected chi connectivity index (χ3v) is 11.9. The topological polar surface area (TPSA) is 138 Å². The maximum absolute atomic E-state index is 6.08. The first-order valence-corrected chi connectivity index (χ1v) is 26.7. The zero-order chi connectivity index (χ0) is 43.0. The third-order valence-electron chi connectivity index (χ3n) is 8.30. The first-order chi connectivity index (χ1) is 30.4. The number of thioether (sulfide) groups is 4. The molecule has 2 saturated heterocycles. The van der Waals surface area contributed by atoms with Crippen molar-refractivity contribution in [1.29, 1.82) is 0 Å². The summed E-state index contributed by atoms with van der Waals surface area (Å²) in [5.74, 6) is 7.46. The normalized spacial score (nSPS) is 22.3. The predicted molar refractivity (Wildman–Crippen MR) is 248 cm³/mol. The van der Waals surface area contributed by atoms with Crippen LogP contribution in [0.25, 0.3) is 0 Å². The van der Waals surface area contributed by atoms with Crippen molar-refractivity contribution >= 4 is 47.0 Å². The molecule has 0 aromatic carbocycles. The summed E-state index contributed by atoms with van der Waals surface area (Å²) in [5, 5.41) is 0. The van der Waals surface area contributed by atoms with E-state index < -0.39 is 0 Å². The summed E-state index contributed by atoms with van der Waals surface area (Å²) in [5.41, 5.74) is 0. The van der Waals surface area contributed by atoms with Gasteiger partial charge < -0.3 is 71.1 Å². The van der Waals surface area contributed by atoms with Crippen molar-refractivity contribution in [3.8, 4) is 0 Å². The van der Waals surface area contributed by atoms with Crippen molar-refractivity contribution in [2.45, 2.75) is 31.2 Å². The van der Waals surface area contributed by atoms with E-state index in [1.807, 2.05) is 47.0 Å². The van der Waals surface area contributed by atoms with Gasteiger partial charge in [-0.25, -0.2) is 0 Å². The van der Waals surface area contributed by atoms with Crippen molar-refractivity contribution < 1.29 is 71.1 Å². The minimum Gasteiger partial charge on any atom is -0.379 e. The third kappa shape index (κ3) is 41.7. The molecule has 0 radical (unpaired) electrons. The van der Waals surface area contributed by atoms with Crippen LogP contribution >= 0.6 is 47.0 Å². The van der Waals surface area contributed by atoms with Crippen molar-refractivity contribution in [3.63, 3.8) is 0 Å². The summed E-state index contributed by atoms with van der Waals surface area (Å²) >= 11 is 7.31. The van der Waals surface area contributed by atoms with E-state index in [0.29, 0.717) is 152 Å². The molecule has 0 aliphatic carbocycles. The van der Waals surface area contributed by atoms with E-state index in [0.717, 1.165) is 85.3 Å². The summed E-state index contributed by atoms with van der Waals surface area (Å²) in [6.07, 6.45) is 2.87. The number of ether oxygens (including phenoxy) is 15. The van der Waals surface area contributed by atoms with Gasteiger partial charge >= 0.3 is 0 Å². The lowest BCUT2D eigenvalue weighted by atomic mass is 10.4. The molecule has 362 valence electrons. The minimum absolute atomic E-state index is 0.0933. The summed E-state index contributed by atoms with van der Waals surface area (Å²) in [6, 6.07) is 0. The Labute approximate surface area is 384 Å². The molecule has 0 aromatic heterocycles. The van der Waals surface area contributed by atoms with Gasteiger partial charge in [-0.2, -0.15) is 47.0 Å². The lowest BCUT2D eigenvalue weighted by molar-refractivity contribution is -0.0781. The van der Waals surface area contributed by atoms with Crippen LogP contribution in [0, 0.1) is 0 Å². The SMILES string of the molecule is C=CCOCC(COCCOCCCOCC1COCCSCCOCCOCCSCCO1)OCCOCCCOCC1COCCSCCOCCOCCSCCO1. The molecule has 0 N–H and O–H groups in total. The Kier molecular flexibility index (Phi) is 45.8. The van der Waals surface area contributed by atoms with Crippen LogP contribution < -0.4 is 0 Å². The summed E-state index contributed by atoms with van der Waals surface area (Å²) in [6.45, 7) is 19.4. The smallest absolute Gasteiger partial charge is 0.104 e. The van der Waals surface area contributed by atoms with E-state index in [9.17, 15) is 0 Å². The number of hydrogen-bond acceptors (Lipinski definition) is 19. The van der Waals surface area contributed by atoms with Gasteiger partial charge in [-0.05, 0) is 12.8 Å². The molecule has 2 aliphatic rings. The average Bonchev–Trinajstić information content (AvgIpc) is 3.27. The minimum atomic E-state index is -0.218. The zero-order valence-corrected chi connectivity index (χ0v) is 40.2. The lowest BCUT2D eigenvalue weighted by Gasteiger charge is -2.19. The molecule has 0 amide bonds. The van der Waals surface area contributed by atoms with Crippen LogP contribution in [0.3, 0.4) is 0 Å². The standard InChI is InChI=1S/C42H80O15S4/c1-2-5-49-34-40(55-17-16-44-7-4-9-51-36-42-39-54-23-31-59-27-19-46-11-13-48-21-29-61-33-25-57-42)37-52-15-14-43-6-3-8-50-35-41-38-53-22-30-58-26-18-45-10-12-47-20-28-60-32-24-56-41/h2,40-42H,1,3-39H2. The quantitative estimate of drug-likeness (QED) is 0.0951. The summed E-state index contributed by atoms with van der Waals surface area (Å²) in [4.78, 5) is 0. The van der Waals surface area contributed by atoms with Crippen molar-refractivity contribution in [2.75, 3.05) is 224 Å². The molecule has 2 fully saturated rings. The molecule has 2 aliphatic heterocycles. The molecule has 3 unspecified atom stereocenters. The molecule has 0 spiro atoms. The Morgan fingerprint density at radius 1 is 0.426 bits per heavy atom. The summed E-state index contributed by atoms with van der Waals surface area (Å²) < 4.78 is 87.3. The summed E-state index contributed by atoms with van der Waals surface area (Å²) in [7, 11) is 0. The van der Waals surface area contributed by atoms with Crippen LogP contribution in [0.2, 0.25) is 0 Å². The number of rotatable bonds is 25. The molecule has 0 aromatic rings. The number of hydrogen-bond donors (Lipinski definition) is 0. The van der Waals surface area contributed by atoms with Crippen LogP contribution in [-0.2, 0) is 71.1 Å². The van der Waals surface area contributed by atoms with Gasteiger partial charge in [0.05, 0.1) is 152 Å². The highest BCUT2D eigenvalue weighted by Gasteiger charge is 2.13. The van der Waals surface area contributed by atoms with E-state index in [-0.39, 0.29) is 18.3 Å². The van der Waals surface area contributed by atoms with Crippen molar-refractivity contribution in [2.24, 2.45) is 0 Å². The van der Waals surface area contributed by atoms with Crippen molar-refractivity contribution in [3.05, 3.63) is 12.7 Å². The van der Waals surface area contributed by atoms with Gasteiger partial charge in [-0.3, -0.25) is 0 Å². The average molecular weight is 953 g/mol. The molecule has 19 heteroatoms. The molecule has 3 atom stereocenters. The first kappa shape index (κ1) is 57.7. The van der Waals surface area contributed by atoms with E-state index in [2.05, 4.69) is 6.58 Å². The van der Waals surface area contributed by atoms with E-state index in [1.165, 1.54) is 0 Å². The van der Waals surface area contributed by atoms with E-state index >= 15 is 0 Å². The zero-order valence-electron chi connectivity index (χ0n) is 36.9. The second-order valence-electron chi connectivity index (χ2n) is 13.5. The van der Waals surface area contributed by atoms with Gasteiger partial charge in [0.1, 0.15) is 18.3 Å².